The summed E-state index contributed by atoms with van der Waals surface area (Å²) in [5.41, 5.74) is 3.21. The van der Waals surface area contributed by atoms with Gasteiger partial charge in [-0.3, -0.25) is 25.2 Å². The van der Waals surface area contributed by atoms with Gasteiger partial charge in [0.05, 0.1) is 23.1 Å². The fourth-order valence-electron chi connectivity index (χ4n) is 2.42. The third kappa shape index (κ3) is 5.08. The molecule has 0 saturated carbocycles. The number of methoxy groups -OCH3 is 1. The third-order valence-electron chi connectivity index (χ3n) is 3.92. The molecule has 1 heterocycles. The van der Waals surface area contributed by atoms with Crippen LogP contribution in [0.3, 0.4) is 0 Å². The van der Waals surface area contributed by atoms with Gasteiger partial charge in [-0.15, -0.1) is 0 Å². The minimum Gasteiger partial charge on any atom is -0.497 e. The predicted molar refractivity (Wildman–Crippen MR) is 112 cm³/mol. The third-order valence-corrected chi connectivity index (χ3v) is 5.30. The second-order valence-corrected chi connectivity index (χ2v) is 7.60. The normalized spacial score (nSPS) is 11.2. The van der Waals surface area contributed by atoms with Crippen molar-refractivity contribution in [1.29, 1.82) is 0 Å². The molecule has 0 aliphatic rings. The van der Waals surface area contributed by atoms with Gasteiger partial charge in [0.1, 0.15) is 11.4 Å². The second-order valence-electron chi connectivity index (χ2n) is 5.92. The molecule has 11 heteroatoms. The Morgan fingerprint density at radius 3 is 2.43 bits per heavy atom. The molecule has 0 saturated heterocycles. The van der Waals surface area contributed by atoms with E-state index in [-0.39, 0.29) is 10.6 Å². The first kappa shape index (κ1) is 20.7. The first-order valence-corrected chi connectivity index (χ1v) is 10.0. The molecular weight excluding hydrogens is 410 g/mol. The lowest BCUT2D eigenvalue weighted by Gasteiger charge is -2.10. The second kappa shape index (κ2) is 9.01. The summed E-state index contributed by atoms with van der Waals surface area (Å²) >= 11 is 0. The first-order chi connectivity index (χ1) is 14.4. The minimum atomic E-state index is -4.04. The van der Waals surface area contributed by atoms with E-state index < -0.39 is 20.6 Å². The number of nitro benzene ring substituents is 1. The van der Waals surface area contributed by atoms with Crippen molar-refractivity contribution in [2.45, 2.75) is 4.90 Å². The van der Waals surface area contributed by atoms with Crippen molar-refractivity contribution >= 4 is 33.3 Å². The van der Waals surface area contributed by atoms with Crippen molar-refractivity contribution in [2.24, 2.45) is 5.10 Å². The van der Waals surface area contributed by atoms with Gasteiger partial charge in [-0.1, -0.05) is 0 Å². The van der Waals surface area contributed by atoms with Gasteiger partial charge in [0.15, 0.2) is 0 Å². The molecule has 3 rings (SSSR count). The van der Waals surface area contributed by atoms with Gasteiger partial charge in [0.25, 0.3) is 15.7 Å². The Bertz CT molecular complexity index is 1170. The molecule has 154 valence electrons. The van der Waals surface area contributed by atoms with Gasteiger partial charge < -0.3 is 4.74 Å². The lowest BCUT2D eigenvalue weighted by atomic mass is 10.3. The van der Waals surface area contributed by atoms with Gasteiger partial charge >= 0.3 is 0 Å². The van der Waals surface area contributed by atoms with Crippen LogP contribution >= 0.6 is 0 Å². The number of rotatable bonds is 8. The largest absolute Gasteiger partial charge is 0.497 e. The number of hydrogen-bond donors (Lipinski definition) is 2. The predicted octanol–water partition coefficient (Wildman–Crippen LogP) is 3.25. The fraction of sp³-hybridized carbons (Fsp3) is 0.0526. The highest BCUT2D eigenvalue weighted by atomic mass is 32.2. The molecule has 0 aliphatic heterocycles. The van der Waals surface area contributed by atoms with Crippen molar-refractivity contribution < 1.29 is 18.1 Å². The number of sulfonamides is 1. The van der Waals surface area contributed by atoms with E-state index in [9.17, 15) is 18.5 Å². The molecule has 0 bridgehead atoms. The molecule has 1 aromatic heterocycles. The van der Waals surface area contributed by atoms with Crippen LogP contribution in [-0.4, -0.2) is 31.6 Å². The van der Waals surface area contributed by atoms with Gasteiger partial charge in [0.2, 0.25) is 0 Å². The number of hydrogen-bond acceptors (Lipinski definition) is 8. The minimum absolute atomic E-state index is 0.0497. The lowest BCUT2D eigenvalue weighted by Crippen LogP contribution is -2.13. The Labute approximate surface area is 172 Å². The highest BCUT2D eigenvalue weighted by Gasteiger charge is 2.21. The molecule has 3 aromatic rings. The summed E-state index contributed by atoms with van der Waals surface area (Å²) in [6, 6.07) is 13.1. The molecule has 0 unspecified atom stereocenters. The number of nitrogens with one attached hydrogen (secondary N) is 2. The summed E-state index contributed by atoms with van der Waals surface area (Å²) in [6.07, 6.45) is 4.62. The number of nitro groups is 1. The van der Waals surface area contributed by atoms with Crippen LogP contribution in [-0.2, 0) is 10.0 Å². The lowest BCUT2D eigenvalue weighted by molar-refractivity contribution is -0.384. The van der Waals surface area contributed by atoms with E-state index in [0.29, 0.717) is 11.4 Å². The number of hydrazone groups is 1. The summed E-state index contributed by atoms with van der Waals surface area (Å²) in [5.74, 6) is 0.566. The smallest absolute Gasteiger partial charge is 0.295 e. The van der Waals surface area contributed by atoms with Crippen molar-refractivity contribution in [2.75, 3.05) is 17.3 Å². The highest BCUT2D eigenvalue weighted by Crippen LogP contribution is 2.29. The molecule has 2 N–H and O–H groups in total. The van der Waals surface area contributed by atoms with Crippen LogP contribution in [0.4, 0.5) is 17.1 Å². The molecule has 0 aliphatic carbocycles. The Morgan fingerprint density at radius 1 is 1.10 bits per heavy atom. The van der Waals surface area contributed by atoms with E-state index in [1.54, 1.807) is 36.7 Å². The number of anilines is 2. The van der Waals surface area contributed by atoms with E-state index in [0.717, 1.165) is 11.6 Å². The van der Waals surface area contributed by atoms with Crippen LogP contribution in [0.2, 0.25) is 0 Å². The van der Waals surface area contributed by atoms with Crippen LogP contribution in [0.15, 0.2) is 77.0 Å². The summed E-state index contributed by atoms with van der Waals surface area (Å²) in [5, 5.41) is 15.4. The standard InChI is InChI=1S/C19H17N5O5S/c1-29-16-4-2-15(3-5-16)23-30(27,28)17-6-7-18(19(12-17)24(25)26)22-21-13-14-8-10-20-11-9-14/h2-13,22-23H,1H3/b21-13+. The molecule has 0 spiro atoms. The SMILES string of the molecule is COc1ccc(NS(=O)(=O)c2ccc(N/N=C/c3ccncc3)c([N+](=O)[O-])c2)cc1. The van der Waals surface area contributed by atoms with Gasteiger partial charge in [0, 0.05) is 24.1 Å². The fourth-order valence-corrected chi connectivity index (χ4v) is 3.50. The van der Waals surface area contributed by atoms with Gasteiger partial charge in [-0.2, -0.15) is 5.10 Å². The average Bonchev–Trinajstić information content (AvgIpc) is 2.74. The molecule has 30 heavy (non-hydrogen) atoms. The molecule has 0 amide bonds. The van der Waals surface area contributed by atoms with Crippen molar-refractivity contribution in [3.05, 3.63) is 82.7 Å². The molecule has 0 radical (unpaired) electrons. The maximum absolute atomic E-state index is 12.6. The van der Waals surface area contributed by atoms with E-state index in [2.05, 4.69) is 20.2 Å². The highest BCUT2D eigenvalue weighted by molar-refractivity contribution is 7.92. The number of pyridine rings is 1. The number of benzene rings is 2. The van der Waals surface area contributed by atoms with Crippen molar-refractivity contribution in [1.82, 2.24) is 4.98 Å². The zero-order valence-corrected chi connectivity index (χ0v) is 16.5. The zero-order valence-electron chi connectivity index (χ0n) is 15.7. The maximum atomic E-state index is 12.6. The Morgan fingerprint density at radius 2 is 1.80 bits per heavy atom. The number of aromatic nitrogens is 1. The van der Waals surface area contributed by atoms with Crippen LogP contribution in [0.1, 0.15) is 5.56 Å². The van der Waals surface area contributed by atoms with Crippen LogP contribution < -0.4 is 14.9 Å². The van der Waals surface area contributed by atoms with Crippen LogP contribution in [0, 0.1) is 10.1 Å². The summed E-state index contributed by atoms with van der Waals surface area (Å²) in [7, 11) is -2.54. The van der Waals surface area contributed by atoms with E-state index in [1.165, 1.54) is 37.6 Å². The zero-order chi connectivity index (χ0) is 21.6. The maximum Gasteiger partial charge on any atom is 0.295 e. The first-order valence-electron chi connectivity index (χ1n) is 8.53. The summed E-state index contributed by atoms with van der Waals surface area (Å²) in [6.45, 7) is 0. The Kier molecular flexibility index (Phi) is 6.23. The van der Waals surface area contributed by atoms with Gasteiger partial charge in [-0.25, -0.2) is 8.42 Å². The van der Waals surface area contributed by atoms with Crippen LogP contribution in [0.5, 0.6) is 5.75 Å². The summed E-state index contributed by atoms with van der Waals surface area (Å²) in [4.78, 5) is 14.4. The molecule has 0 atom stereocenters. The van der Waals surface area contributed by atoms with Crippen LogP contribution in [0.25, 0.3) is 0 Å². The topological polar surface area (TPSA) is 136 Å². The molecule has 10 nitrogen and oxygen atoms in total. The average molecular weight is 427 g/mol. The molecule has 0 fully saturated rings. The number of nitrogens with zero attached hydrogens (tertiary/aromatic N) is 3. The van der Waals surface area contributed by atoms with E-state index in [1.807, 2.05) is 0 Å². The van der Waals surface area contributed by atoms with Crippen molar-refractivity contribution in [3.8, 4) is 5.75 Å². The molecular formula is C19H17N5O5S. The number of ether oxygens (including phenoxy) is 1. The van der Waals surface area contributed by atoms with E-state index >= 15 is 0 Å². The monoisotopic (exact) mass is 427 g/mol. The van der Waals surface area contributed by atoms with E-state index in [4.69, 9.17) is 4.74 Å². The van der Waals surface area contributed by atoms with Crippen molar-refractivity contribution in [3.63, 3.8) is 0 Å². The Balaban J connectivity index is 1.82. The Hall–Kier alpha value is -3.99. The van der Waals surface area contributed by atoms with Gasteiger partial charge in [-0.05, 0) is 54.1 Å². The summed E-state index contributed by atoms with van der Waals surface area (Å²) < 4.78 is 32.6. The quantitative estimate of drug-likeness (QED) is 0.320. The molecule has 2 aromatic carbocycles.